The smallest absolute Gasteiger partial charge is 0.172 e. The molecule has 0 heterocycles. The van der Waals surface area contributed by atoms with Crippen LogP contribution in [-0.4, -0.2) is 12.2 Å². The molecular formula is C8H9F2NO. The van der Waals surface area contributed by atoms with E-state index in [1.165, 1.54) is 0 Å². The minimum absolute atomic E-state index is 0.0616. The van der Waals surface area contributed by atoms with Gasteiger partial charge in [-0.3, -0.25) is 0 Å². The van der Waals surface area contributed by atoms with Crippen molar-refractivity contribution in [1.82, 2.24) is 5.32 Å². The highest BCUT2D eigenvalue weighted by atomic mass is 19.1. The fraction of sp³-hybridized carbons (Fsp3) is 0.250. The average molecular weight is 173 g/mol. The Morgan fingerprint density at radius 3 is 2.67 bits per heavy atom. The largest absolute Gasteiger partial charge is 0.505 e. The number of hydrogen-bond acceptors (Lipinski definition) is 2. The van der Waals surface area contributed by atoms with Gasteiger partial charge in [0.25, 0.3) is 0 Å². The molecule has 0 fully saturated rings. The van der Waals surface area contributed by atoms with E-state index in [1.807, 2.05) is 0 Å². The Labute approximate surface area is 68.8 Å². The van der Waals surface area contributed by atoms with Gasteiger partial charge in [0.15, 0.2) is 11.6 Å². The number of hydrogen-bond donors (Lipinski definition) is 2. The summed E-state index contributed by atoms with van der Waals surface area (Å²) in [6.07, 6.45) is 0. The zero-order valence-electron chi connectivity index (χ0n) is 6.56. The molecular weight excluding hydrogens is 164 g/mol. The van der Waals surface area contributed by atoms with Crippen LogP contribution in [0.5, 0.6) is 5.75 Å². The lowest BCUT2D eigenvalue weighted by atomic mass is 10.2. The van der Waals surface area contributed by atoms with Gasteiger partial charge in [-0.2, -0.15) is 0 Å². The fourth-order valence-corrected chi connectivity index (χ4v) is 0.924. The highest BCUT2D eigenvalue weighted by molar-refractivity contribution is 5.30. The zero-order valence-corrected chi connectivity index (χ0v) is 6.56. The Morgan fingerprint density at radius 1 is 1.42 bits per heavy atom. The maximum Gasteiger partial charge on any atom is 0.172 e. The molecule has 2 nitrogen and oxygen atoms in total. The SMILES string of the molecule is CNCc1c(F)ccc(O)c1F. The second-order valence-electron chi connectivity index (χ2n) is 2.39. The van der Waals surface area contributed by atoms with Crippen molar-refractivity contribution in [2.75, 3.05) is 7.05 Å². The highest BCUT2D eigenvalue weighted by Crippen LogP contribution is 2.21. The molecule has 0 bridgehead atoms. The molecule has 4 heteroatoms. The van der Waals surface area contributed by atoms with Gasteiger partial charge in [-0.25, -0.2) is 8.78 Å². The summed E-state index contributed by atoms with van der Waals surface area (Å²) in [5, 5.41) is 11.5. The molecule has 0 atom stereocenters. The quantitative estimate of drug-likeness (QED) is 0.708. The molecule has 0 aromatic heterocycles. The Hall–Kier alpha value is -1.16. The van der Waals surface area contributed by atoms with Crippen LogP contribution in [0, 0.1) is 11.6 Å². The molecule has 0 radical (unpaired) electrons. The third-order valence-electron chi connectivity index (χ3n) is 1.52. The third-order valence-corrected chi connectivity index (χ3v) is 1.52. The number of phenolic OH excluding ortho intramolecular Hbond substituents is 1. The summed E-state index contributed by atoms with van der Waals surface area (Å²) >= 11 is 0. The van der Waals surface area contributed by atoms with Crippen molar-refractivity contribution < 1.29 is 13.9 Å². The summed E-state index contributed by atoms with van der Waals surface area (Å²) in [5.41, 5.74) is -0.141. The van der Waals surface area contributed by atoms with Crippen molar-refractivity contribution in [2.24, 2.45) is 0 Å². The second kappa shape index (κ2) is 3.49. The molecule has 0 spiro atoms. The van der Waals surface area contributed by atoms with Crippen molar-refractivity contribution in [1.29, 1.82) is 0 Å². The number of halogens is 2. The van der Waals surface area contributed by atoms with Crippen molar-refractivity contribution >= 4 is 0 Å². The van der Waals surface area contributed by atoms with E-state index in [1.54, 1.807) is 7.05 Å². The second-order valence-corrected chi connectivity index (χ2v) is 2.39. The van der Waals surface area contributed by atoms with E-state index in [-0.39, 0.29) is 12.1 Å². The fourth-order valence-electron chi connectivity index (χ4n) is 0.924. The summed E-state index contributed by atoms with van der Waals surface area (Å²) in [6, 6.07) is 2.02. The van der Waals surface area contributed by atoms with Gasteiger partial charge < -0.3 is 10.4 Å². The molecule has 1 aromatic carbocycles. The van der Waals surface area contributed by atoms with E-state index < -0.39 is 17.4 Å². The van der Waals surface area contributed by atoms with E-state index in [0.717, 1.165) is 12.1 Å². The number of aromatic hydroxyl groups is 1. The van der Waals surface area contributed by atoms with Crippen LogP contribution in [0.15, 0.2) is 12.1 Å². The van der Waals surface area contributed by atoms with Gasteiger partial charge >= 0.3 is 0 Å². The van der Waals surface area contributed by atoms with Crippen LogP contribution >= 0.6 is 0 Å². The van der Waals surface area contributed by atoms with Crippen molar-refractivity contribution in [3.05, 3.63) is 29.3 Å². The van der Waals surface area contributed by atoms with Gasteiger partial charge in [-0.15, -0.1) is 0 Å². The van der Waals surface area contributed by atoms with E-state index in [4.69, 9.17) is 5.11 Å². The van der Waals surface area contributed by atoms with Crippen LogP contribution in [0.2, 0.25) is 0 Å². The van der Waals surface area contributed by atoms with E-state index in [0.29, 0.717) is 0 Å². The zero-order chi connectivity index (χ0) is 9.14. The number of nitrogens with one attached hydrogen (secondary N) is 1. The molecule has 0 aliphatic carbocycles. The van der Waals surface area contributed by atoms with Crippen LogP contribution in [0.1, 0.15) is 5.56 Å². The lowest BCUT2D eigenvalue weighted by Gasteiger charge is -2.04. The average Bonchev–Trinajstić information content (AvgIpc) is 2.06. The number of rotatable bonds is 2. The van der Waals surface area contributed by atoms with Crippen LogP contribution < -0.4 is 5.32 Å². The Kier molecular flexibility index (Phi) is 2.60. The van der Waals surface area contributed by atoms with Crippen LogP contribution in [0.25, 0.3) is 0 Å². The normalized spacial score (nSPS) is 10.2. The monoisotopic (exact) mass is 173 g/mol. The predicted octanol–water partition coefficient (Wildman–Crippen LogP) is 1.39. The summed E-state index contributed by atoms with van der Waals surface area (Å²) in [6.45, 7) is 0.0616. The van der Waals surface area contributed by atoms with Gasteiger partial charge in [-0.1, -0.05) is 0 Å². The Balaban J connectivity index is 3.14. The predicted molar refractivity (Wildman–Crippen MR) is 40.8 cm³/mol. The van der Waals surface area contributed by atoms with Gasteiger partial charge in [0, 0.05) is 12.1 Å². The van der Waals surface area contributed by atoms with Gasteiger partial charge in [0.05, 0.1) is 0 Å². The maximum atomic E-state index is 12.9. The first kappa shape index (κ1) is 8.93. The molecule has 0 saturated carbocycles. The molecule has 1 aromatic rings. The molecule has 12 heavy (non-hydrogen) atoms. The first-order valence-corrected chi connectivity index (χ1v) is 3.47. The van der Waals surface area contributed by atoms with E-state index in [2.05, 4.69) is 5.32 Å². The standard InChI is InChI=1S/C8H9F2NO/c1-11-4-5-6(9)2-3-7(12)8(5)10/h2-3,11-12H,4H2,1H3. The van der Waals surface area contributed by atoms with Crippen molar-refractivity contribution in [3.8, 4) is 5.75 Å². The van der Waals surface area contributed by atoms with Gasteiger partial charge in [0.2, 0.25) is 0 Å². The highest BCUT2D eigenvalue weighted by Gasteiger charge is 2.11. The molecule has 0 unspecified atom stereocenters. The Bertz CT molecular complexity index is 289. The molecule has 0 aliphatic rings. The van der Waals surface area contributed by atoms with Crippen LogP contribution in [0.3, 0.4) is 0 Å². The topological polar surface area (TPSA) is 32.3 Å². The van der Waals surface area contributed by atoms with Gasteiger partial charge in [-0.05, 0) is 19.2 Å². The molecule has 66 valence electrons. The van der Waals surface area contributed by atoms with E-state index in [9.17, 15) is 8.78 Å². The summed E-state index contributed by atoms with van der Waals surface area (Å²) in [4.78, 5) is 0. The van der Waals surface area contributed by atoms with Gasteiger partial charge in [0.1, 0.15) is 5.82 Å². The molecule has 2 N–H and O–H groups in total. The molecule has 0 saturated heterocycles. The Morgan fingerprint density at radius 2 is 2.08 bits per heavy atom. The van der Waals surface area contributed by atoms with E-state index >= 15 is 0 Å². The molecule has 0 aliphatic heterocycles. The van der Waals surface area contributed by atoms with Crippen LogP contribution in [-0.2, 0) is 6.54 Å². The molecule has 1 rings (SSSR count). The summed E-state index contributed by atoms with van der Waals surface area (Å²) < 4.78 is 25.7. The number of benzene rings is 1. The van der Waals surface area contributed by atoms with Crippen molar-refractivity contribution in [3.63, 3.8) is 0 Å². The minimum atomic E-state index is -0.899. The van der Waals surface area contributed by atoms with Crippen molar-refractivity contribution in [2.45, 2.75) is 6.54 Å². The lowest BCUT2D eigenvalue weighted by molar-refractivity contribution is 0.420. The first-order chi connectivity index (χ1) is 5.66. The summed E-state index contributed by atoms with van der Waals surface area (Å²) in [5.74, 6) is -2.08. The summed E-state index contributed by atoms with van der Waals surface area (Å²) in [7, 11) is 1.57. The first-order valence-electron chi connectivity index (χ1n) is 3.47. The molecule has 0 amide bonds. The van der Waals surface area contributed by atoms with Crippen LogP contribution in [0.4, 0.5) is 8.78 Å². The third kappa shape index (κ3) is 1.53. The lowest BCUT2D eigenvalue weighted by Crippen LogP contribution is -2.09. The maximum absolute atomic E-state index is 12.9. The number of phenols is 1. The minimum Gasteiger partial charge on any atom is -0.505 e.